The van der Waals surface area contributed by atoms with Gasteiger partial charge in [0.2, 0.25) is 10.0 Å². The lowest BCUT2D eigenvalue weighted by molar-refractivity contribution is 0.263. The highest BCUT2D eigenvalue weighted by Crippen LogP contribution is 2.23. The molecule has 0 heterocycles. The van der Waals surface area contributed by atoms with Gasteiger partial charge in [0.05, 0.1) is 4.90 Å². The van der Waals surface area contributed by atoms with E-state index in [2.05, 4.69) is 25.5 Å². The van der Waals surface area contributed by atoms with Gasteiger partial charge in [-0.15, -0.1) is 0 Å². The van der Waals surface area contributed by atoms with Crippen molar-refractivity contribution < 1.29 is 13.5 Å². The van der Waals surface area contributed by atoms with Gasteiger partial charge in [0, 0.05) is 13.2 Å². The molecule has 0 saturated heterocycles. The largest absolute Gasteiger partial charge is 0.396 e. The van der Waals surface area contributed by atoms with E-state index in [0.717, 1.165) is 5.56 Å². The van der Waals surface area contributed by atoms with Crippen LogP contribution < -0.4 is 4.72 Å². The second-order valence-corrected chi connectivity index (χ2v) is 8.01. The standard InChI is InChI=1S/C15H25NO3S/c1-12(9-10-17)11-16-20(18,19)14-7-5-13(6-8-14)15(2,3)4/h5-8,12,16-17H,9-11H2,1-4H3. The molecule has 0 saturated carbocycles. The van der Waals surface area contributed by atoms with Crippen LogP contribution in [0.1, 0.15) is 39.7 Å². The maximum absolute atomic E-state index is 12.1. The van der Waals surface area contributed by atoms with Gasteiger partial charge in [0.25, 0.3) is 0 Å². The number of benzene rings is 1. The monoisotopic (exact) mass is 299 g/mol. The summed E-state index contributed by atoms with van der Waals surface area (Å²) in [4.78, 5) is 0.279. The molecule has 2 N–H and O–H groups in total. The smallest absolute Gasteiger partial charge is 0.240 e. The maximum atomic E-state index is 12.1. The van der Waals surface area contributed by atoms with E-state index in [-0.39, 0.29) is 22.8 Å². The fraction of sp³-hybridized carbons (Fsp3) is 0.600. The Bertz CT molecular complexity index is 515. The first kappa shape index (κ1) is 17.1. The number of hydrogen-bond acceptors (Lipinski definition) is 3. The minimum absolute atomic E-state index is 0.00532. The van der Waals surface area contributed by atoms with E-state index < -0.39 is 10.0 Å². The zero-order chi connectivity index (χ0) is 15.4. The normalized spacial score (nSPS) is 14.2. The summed E-state index contributed by atoms with van der Waals surface area (Å²) in [6.45, 7) is 8.58. The summed E-state index contributed by atoms with van der Waals surface area (Å²) < 4.78 is 26.8. The number of aliphatic hydroxyl groups is 1. The zero-order valence-electron chi connectivity index (χ0n) is 12.7. The van der Waals surface area contributed by atoms with Crippen LogP contribution in [0.25, 0.3) is 0 Å². The van der Waals surface area contributed by atoms with Crippen molar-refractivity contribution in [3.63, 3.8) is 0 Å². The quantitative estimate of drug-likeness (QED) is 0.847. The van der Waals surface area contributed by atoms with Crippen molar-refractivity contribution in [1.29, 1.82) is 0 Å². The Morgan fingerprint density at radius 3 is 2.20 bits per heavy atom. The van der Waals surface area contributed by atoms with E-state index in [4.69, 9.17) is 5.11 Å². The molecule has 0 aliphatic rings. The van der Waals surface area contributed by atoms with E-state index in [0.29, 0.717) is 13.0 Å². The molecule has 1 rings (SSSR count). The number of hydrogen-bond donors (Lipinski definition) is 2. The molecule has 0 radical (unpaired) electrons. The fourth-order valence-corrected chi connectivity index (χ4v) is 2.96. The average Bonchev–Trinajstić information content (AvgIpc) is 2.36. The molecule has 1 unspecified atom stereocenters. The highest BCUT2D eigenvalue weighted by Gasteiger charge is 2.17. The first-order valence-corrected chi connectivity index (χ1v) is 8.36. The molecule has 0 spiro atoms. The molecule has 20 heavy (non-hydrogen) atoms. The molecule has 0 aliphatic carbocycles. The molecular formula is C15H25NO3S. The predicted octanol–water partition coefficient (Wildman–Crippen LogP) is 2.28. The van der Waals surface area contributed by atoms with Crippen molar-refractivity contribution in [3.8, 4) is 0 Å². The van der Waals surface area contributed by atoms with Gasteiger partial charge in [-0.3, -0.25) is 0 Å². The molecule has 4 nitrogen and oxygen atoms in total. The summed E-state index contributed by atoms with van der Waals surface area (Å²) in [6, 6.07) is 6.98. The third-order valence-corrected chi connectivity index (χ3v) is 4.71. The molecule has 0 amide bonds. The van der Waals surface area contributed by atoms with Gasteiger partial charge >= 0.3 is 0 Å². The van der Waals surface area contributed by atoms with E-state index in [1.165, 1.54) is 0 Å². The molecule has 0 fully saturated rings. The minimum atomic E-state index is -3.47. The molecule has 5 heteroatoms. The van der Waals surface area contributed by atoms with Crippen LogP contribution in [-0.2, 0) is 15.4 Å². The van der Waals surface area contributed by atoms with Crippen LogP contribution in [0.4, 0.5) is 0 Å². The van der Waals surface area contributed by atoms with Gasteiger partial charge in [-0.25, -0.2) is 13.1 Å². The average molecular weight is 299 g/mol. The number of rotatable bonds is 6. The molecule has 114 valence electrons. The summed E-state index contributed by atoms with van der Waals surface area (Å²) in [5.41, 5.74) is 1.11. The Balaban J connectivity index is 2.78. The van der Waals surface area contributed by atoms with Crippen molar-refractivity contribution in [2.24, 2.45) is 5.92 Å². The summed E-state index contributed by atoms with van der Waals surface area (Å²) in [5, 5.41) is 8.81. The van der Waals surface area contributed by atoms with Crippen molar-refractivity contribution in [3.05, 3.63) is 29.8 Å². The molecule has 0 aliphatic heterocycles. The van der Waals surface area contributed by atoms with Crippen molar-refractivity contribution >= 4 is 10.0 Å². The highest BCUT2D eigenvalue weighted by molar-refractivity contribution is 7.89. The van der Waals surface area contributed by atoms with E-state index in [9.17, 15) is 8.42 Å². The van der Waals surface area contributed by atoms with Crippen molar-refractivity contribution in [2.45, 2.75) is 44.4 Å². The third kappa shape index (κ3) is 4.89. The van der Waals surface area contributed by atoms with Crippen molar-refractivity contribution in [2.75, 3.05) is 13.2 Å². The number of aliphatic hydroxyl groups excluding tert-OH is 1. The van der Waals surface area contributed by atoms with Gasteiger partial charge in [-0.05, 0) is 35.4 Å². The molecule has 1 aromatic carbocycles. The predicted molar refractivity (Wildman–Crippen MR) is 81.2 cm³/mol. The van der Waals surface area contributed by atoms with Crippen LogP contribution in [0.3, 0.4) is 0 Å². The van der Waals surface area contributed by atoms with Gasteiger partial charge in [0.15, 0.2) is 0 Å². The second-order valence-electron chi connectivity index (χ2n) is 6.24. The Hall–Kier alpha value is -0.910. The summed E-state index contributed by atoms with van der Waals surface area (Å²) in [7, 11) is -3.47. The van der Waals surface area contributed by atoms with Crippen LogP contribution in [0.15, 0.2) is 29.2 Å². The van der Waals surface area contributed by atoms with Crippen LogP contribution in [0, 0.1) is 5.92 Å². The van der Waals surface area contributed by atoms with Gasteiger partial charge in [-0.1, -0.05) is 39.8 Å². The van der Waals surface area contributed by atoms with Gasteiger partial charge < -0.3 is 5.11 Å². The van der Waals surface area contributed by atoms with Gasteiger partial charge in [0.1, 0.15) is 0 Å². The first-order chi connectivity index (χ1) is 9.16. The van der Waals surface area contributed by atoms with E-state index in [1.807, 2.05) is 19.1 Å². The Kier molecular flexibility index (Phi) is 5.74. The Morgan fingerprint density at radius 2 is 1.75 bits per heavy atom. The van der Waals surface area contributed by atoms with Crippen LogP contribution in [0.2, 0.25) is 0 Å². The fourth-order valence-electron chi connectivity index (χ4n) is 1.79. The SMILES string of the molecule is CC(CCO)CNS(=O)(=O)c1ccc(C(C)(C)C)cc1. The van der Waals surface area contributed by atoms with Crippen LogP contribution in [0.5, 0.6) is 0 Å². The molecule has 1 aromatic rings. The molecule has 0 aromatic heterocycles. The second kappa shape index (κ2) is 6.70. The summed E-state index contributed by atoms with van der Waals surface area (Å²) in [6.07, 6.45) is 0.589. The van der Waals surface area contributed by atoms with Crippen LogP contribution in [-0.4, -0.2) is 26.7 Å². The lowest BCUT2D eigenvalue weighted by Gasteiger charge is -2.19. The lowest BCUT2D eigenvalue weighted by atomic mass is 9.87. The lowest BCUT2D eigenvalue weighted by Crippen LogP contribution is -2.28. The summed E-state index contributed by atoms with van der Waals surface area (Å²) >= 11 is 0. The number of nitrogens with one attached hydrogen (secondary N) is 1. The zero-order valence-corrected chi connectivity index (χ0v) is 13.5. The van der Waals surface area contributed by atoms with Gasteiger partial charge in [-0.2, -0.15) is 0 Å². The molecule has 1 atom stereocenters. The Morgan fingerprint density at radius 1 is 1.20 bits per heavy atom. The highest BCUT2D eigenvalue weighted by atomic mass is 32.2. The molecule has 0 bridgehead atoms. The third-order valence-electron chi connectivity index (χ3n) is 3.27. The van der Waals surface area contributed by atoms with Crippen LogP contribution >= 0.6 is 0 Å². The van der Waals surface area contributed by atoms with E-state index >= 15 is 0 Å². The molecular weight excluding hydrogens is 274 g/mol. The van der Waals surface area contributed by atoms with Crippen molar-refractivity contribution in [1.82, 2.24) is 4.72 Å². The Labute approximate surface area is 122 Å². The number of sulfonamides is 1. The maximum Gasteiger partial charge on any atom is 0.240 e. The minimum Gasteiger partial charge on any atom is -0.396 e. The first-order valence-electron chi connectivity index (χ1n) is 6.88. The topological polar surface area (TPSA) is 66.4 Å². The summed E-state index contributed by atoms with van der Waals surface area (Å²) in [5.74, 6) is 0.114. The van der Waals surface area contributed by atoms with E-state index in [1.54, 1.807) is 12.1 Å².